The van der Waals surface area contributed by atoms with Crippen molar-refractivity contribution in [2.75, 3.05) is 19.7 Å². The molecule has 0 radical (unpaired) electrons. The lowest BCUT2D eigenvalue weighted by molar-refractivity contribution is -0.123. The van der Waals surface area contributed by atoms with Crippen LogP contribution >= 0.6 is 0 Å². The summed E-state index contributed by atoms with van der Waals surface area (Å²) in [6, 6.07) is 9.31. The van der Waals surface area contributed by atoms with E-state index in [-0.39, 0.29) is 18.6 Å². The summed E-state index contributed by atoms with van der Waals surface area (Å²) in [6.07, 6.45) is 2.92. The van der Waals surface area contributed by atoms with Crippen molar-refractivity contribution >= 4 is 5.91 Å². The molecule has 4 nitrogen and oxygen atoms in total. The third kappa shape index (κ3) is 4.83. The number of benzene rings is 1. The fourth-order valence-corrected chi connectivity index (χ4v) is 3.00. The summed E-state index contributed by atoms with van der Waals surface area (Å²) >= 11 is 0. The summed E-state index contributed by atoms with van der Waals surface area (Å²) in [5, 5.41) is 15.8. The van der Waals surface area contributed by atoms with E-state index in [0.717, 1.165) is 18.7 Å². The summed E-state index contributed by atoms with van der Waals surface area (Å²) in [4.78, 5) is 12.2. The van der Waals surface area contributed by atoms with E-state index in [4.69, 9.17) is 0 Å². The van der Waals surface area contributed by atoms with Crippen LogP contribution in [0.1, 0.15) is 37.8 Å². The largest absolute Gasteiger partial charge is 0.394 e. The van der Waals surface area contributed by atoms with Crippen molar-refractivity contribution in [3.05, 3.63) is 35.9 Å². The molecule has 1 amide bonds. The second kappa shape index (κ2) is 8.15. The van der Waals surface area contributed by atoms with Crippen LogP contribution < -0.4 is 10.6 Å². The molecule has 1 saturated heterocycles. The molecule has 4 heteroatoms. The standard InChI is InChI=1S/C17H26N2O2/c1-13(15-8-5-9-18-11-15)10-17(21)19-16(12-20)14-6-3-2-4-7-14/h2-4,6-7,13,15-16,18,20H,5,8-12H2,1H3,(H,19,21)/t13?,15?,16-/m1/s1. The zero-order chi connectivity index (χ0) is 15.1. The molecule has 3 N–H and O–H groups in total. The minimum absolute atomic E-state index is 0.0241. The van der Waals surface area contributed by atoms with Gasteiger partial charge >= 0.3 is 0 Å². The Kier molecular flexibility index (Phi) is 6.21. The Labute approximate surface area is 126 Å². The predicted molar refractivity (Wildman–Crippen MR) is 83.8 cm³/mol. The van der Waals surface area contributed by atoms with Gasteiger partial charge in [-0.2, -0.15) is 0 Å². The molecule has 1 heterocycles. The Balaban J connectivity index is 1.85. The average molecular weight is 290 g/mol. The van der Waals surface area contributed by atoms with E-state index in [2.05, 4.69) is 17.6 Å². The zero-order valence-corrected chi connectivity index (χ0v) is 12.7. The highest BCUT2D eigenvalue weighted by atomic mass is 16.3. The molecule has 2 rings (SSSR count). The fourth-order valence-electron chi connectivity index (χ4n) is 3.00. The van der Waals surface area contributed by atoms with Gasteiger partial charge in [-0.05, 0) is 43.3 Å². The molecule has 0 spiro atoms. The van der Waals surface area contributed by atoms with Crippen LogP contribution in [-0.4, -0.2) is 30.7 Å². The van der Waals surface area contributed by atoms with E-state index in [0.29, 0.717) is 18.3 Å². The monoisotopic (exact) mass is 290 g/mol. The molecule has 0 aromatic heterocycles. The van der Waals surface area contributed by atoms with Crippen molar-refractivity contribution in [3.8, 4) is 0 Å². The van der Waals surface area contributed by atoms with Crippen molar-refractivity contribution < 1.29 is 9.90 Å². The fraction of sp³-hybridized carbons (Fsp3) is 0.588. The van der Waals surface area contributed by atoms with Crippen LogP contribution in [0.15, 0.2) is 30.3 Å². The van der Waals surface area contributed by atoms with Crippen LogP contribution in [0.5, 0.6) is 0 Å². The molecule has 21 heavy (non-hydrogen) atoms. The van der Waals surface area contributed by atoms with E-state index in [1.54, 1.807) is 0 Å². The van der Waals surface area contributed by atoms with E-state index in [1.807, 2.05) is 30.3 Å². The Bertz CT molecular complexity index is 430. The second-order valence-electron chi connectivity index (χ2n) is 6.00. The third-order valence-electron chi connectivity index (χ3n) is 4.37. The Hall–Kier alpha value is -1.39. The van der Waals surface area contributed by atoms with Gasteiger partial charge in [0, 0.05) is 6.42 Å². The van der Waals surface area contributed by atoms with Crippen molar-refractivity contribution in [1.82, 2.24) is 10.6 Å². The van der Waals surface area contributed by atoms with Gasteiger partial charge in [-0.3, -0.25) is 4.79 Å². The number of nitrogens with one attached hydrogen (secondary N) is 2. The summed E-state index contributed by atoms with van der Waals surface area (Å²) in [5.74, 6) is 0.970. The summed E-state index contributed by atoms with van der Waals surface area (Å²) in [5.41, 5.74) is 0.945. The molecule has 0 aliphatic carbocycles. The first-order valence-corrected chi connectivity index (χ1v) is 7.86. The highest BCUT2D eigenvalue weighted by molar-refractivity contribution is 5.76. The van der Waals surface area contributed by atoms with Gasteiger partial charge in [0.1, 0.15) is 0 Å². The number of carbonyl (C=O) groups is 1. The van der Waals surface area contributed by atoms with Crippen LogP contribution in [0.25, 0.3) is 0 Å². The molecule has 0 bridgehead atoms. The van der Waals surface area contributed by atoms with Crippen molar-refractivity contribution in [2.45, 2.75) is 32.2 Å². The number of hydrogen-bond donors (Lipinski definition) is 3. The summed E-state index contributed by atoms with van der Waals surface area (Å²) in [7, 11) is 0. The van der Waals surface area contributed by atoms with Crippen molar-refractivity contribution in [2.24, 2.45) is 11.8 Å². The van der Waals surface area contributed by atoms with Gasteiger partial charge < -0.3 is 15.7 Å². The van der Waals surface area contributed by atoms with Gasteiger partial charge in [0.15, 0.2) is 0 Å². The zero-order valence-electron chi connectivity index (χ0n) is 12.7. The molecule has 1 aromatic rings. The Morgan fingerprint density at radius 3 is 2.81 bits per heavy atom. The van der Waals surface area contributed by atoms with Crippen LogP contribution in [0.2, 0.25) is 0 Å². The number of carbonyl (C=O) groups excluding carboxylic acids is 1. The molecule has 1 aliphatic heterocycles. The molecule has 116 valence electrons. The van der Waals surface area contributed by atoms with Gasteiger partial charge in [-0.1, -0.05) is 37.3 Å². The van der Waals surface area contributed by atoms with Crippen molar-refractivity contribution in [1.29, 1.82) is 0 Å². The highest BCUT2D eigenvalue weighted by Crippen LogP contribution is 2.23. The Morgan fingerprint density at radius 1 is 1.43 bits per heavy atom. The lowest BCUT2D eigenvalue weighted by Crippen LogP contribution is -2.37. The minimum atomic E-state index is -0.310. The van der Waals surface area contributed by atoms with E-state index >= 15 is 0 Å². The van der Waals surface area contributed by atoms with E-state index in [9.17, 15) is 9.90 Å². The van der Waals surface area contributed by atoms with Crippen LogP contribution in [0.4, 0.5) is 0 Å². The second-order valence-corrected chi connectivity index (χ2v) is 6.00. The van der Waals surface area contributed by atoms with Crippen LogP contribution in [-0.2, 0) is 4.79 Å². The van der Waals surface area contributed by atoms with Crippen LogP contribution in [0, 0.1) is 11.8 Å². The number of rotatable bonds is 6. The number of amides is 1. The topological polar surface area (TPSA) is 61.4 Å². The SMILES string of the molecule is CC(CC(=O)N[C@H](CO)c1ccccc1)C1CCCNC1. The van der Waals surface area contributed by atoms with Crippen LogP contribution in [0.3, 0.4) is 0 Å². The molecule has 1 fully saturated rings. The quantitative estimate of drug-likeness (QED) is 0.749. The van der Waals surface area contributed by atoms with Gasteiger partial charge in [-0.15, -0.1) is 0 Å². The smallest absolute Gasteiger partial charge is 0.220 e. The average Bonchev–Trinajstić information content (AvgIpc) is 2.54. The van der Waals surface area contributed by atoms with E-state index < -0.39 is 0 Å². The van der Waals surface area contributed by atoms with E-state index in [1.165, 1.54) is 12.8 Å². The summed E-state index contributed by atoms with van der Waals surface area (Å²) < 4.78 is 0. The molecule has 1 aromatic carbocycles. The molecular formula is C17H26N2O2. The molecule has 3 atom stereocenters. The summed E-state index contributed by atoms with van der Waals surface area (Å²) in [6.45, 7) is 4.18. The number of aliphatic hydroxyl groups is 1. The molecule has 1 aliphatic rings. The minimum Gasteiger partial charge on any atom is -0.394 e. The van der Waals surface area contributed by atoms with Gasteiger partial charge in [0.05, 0.1) is 12.6 Å². The Morgan fingerprint density at radius 2 is 2.19 bits per heavy atom. The maximum atomic E-state index is 12.2. The predicted octanol–water partition coefficient (Wildman–Crippen LogP) is 1.86. The highest BCUT2D eigenvalue weighted by Gasteiger charge is 2.23. The van der Waals surface area contributed by atoms with Gasteiger partial charge in [0.2, 0.25) is 5.91 Å². The number of hydrogen-bond acceptors (Lipinski definition) is 3. The third-order valence-corrected chi connectivity index (χ3v) is 4.37. The molecule has 0 saturated carbocycles. The number of piperidine rings is 1. The molecular weight excluding hydrogens is 264 g/mol. The first-order chi connectivity index (χ1) is 10.2. The maximum Gasteiger partial charge on any atom is 0.220 e. The van der Waals surface area contributed by atoms with Gasteiger partial charge in [0.25, 0.3) is 0 Å². The molecule has 2 unspecified atom stereocenters. The number of aliphatic hydroxyl groups excluding tert-OH is 1. The lowest BCUT2D eigenvalue weighted by atomic mass is 9.85. The normalized spacial score (nSPS) is 21.5. The first kappa shape index (κ1) is 16.0. The maximum absolute atomic E-state index is 12.2. The van der Waals surface area contributed by atoms with Gasteiger partial charge in [-0.25, -0.2) is 0 Å². The lowest BCUT2D eigenvalue weighted by Gasteiger charge is -2.28. The van der Waals surface area contributed by atoms with Crippen molar-refractivity contribution in [3.63, 3.8) is 0 Å². The first-order valence-electron chi connectivity index (χ1n) is 7.86.